The molecule has 0 aliphatic heterocycles. The molecule has 1 N–H and O–H groups in total. The maximum atomic E-state index is 11.9. The normalized spacial score (nSPS) is 9.86. The first-order chi connectivity index (χ1) is 6.65. The van der Waals surface area contributed by atoms with Gasteiger partial charge >= 0.3 is 0 Å². The fourth-order valence-corrected chi connectivity index (χ4v) is 1.12. The van der Waals surface area contributed by atoms with Gasteiger partial charge in [-0.3, -0.25) is 10.1 Å². The number of nitro benzene ring substituents is 1. The number of anilines is 1. The SMILES string of the molecule is Cc1ccc(NCCF)c([N+](=O)[O-])c1. The van der Waals surface area contributed by atoms with Crippen molar-refractivity contribution in [2.24, 2.45) is 0 Å². The molecular weight excluding hydrogens is 187 g/mol. The van der Waals surface area contributed by atoms with Gasteiger partial charge in [0.1, 0.15) is 12.4 Å². The Hall–Kier alpha value is -1.65. The van der Waals surface area contributed by atoms with E-state index in [4.69, 9.17) is 0 Å². The van der Waals surface area contributed by atoms with Gasteiger partial charge in [-0.1, -0.05) is 6.07 Å². The number of aryl methyl sites for hydroxylation is 1. The van der Waals surface area contributed by atoms with E-state index >= 15 is 0 Å². The first kappa shape index (κ1) is 10.4. The molecule has 0 saturated heterocycles. The Balaban J connectivity index is 2.96. The number of halogens is 1. The van der Waals surface area contributed by atoms with Crippen LogP contribution in [-0.2, 0) is 0 Å². The van der Waals surface area contributed by atoms with E-state index in [2.05, 4.69) is 5.32 Å². The van der Waals surface area contributed by atoms with Crippen molar-refractivity contribution < 1.29 is 9.31 Å². The highest BCUT2D eigenvalue weighted by Crippen LogP contribution is 2.24. The largest absolute Gasteiger partial charge is 0.377 e. The van der Waals surface area contributed by atoms with Gasteiger partial charge in [-0.25, -0.2) is 4.39 Å². The molecule has 0 unspecified atom stereocenters. The molecule has 5 heteroatoms. The standard InChI is InChI=1S/C9H11FN2O2/c1-7-2-3-8(11-5-4-10)9(6-7)12(13)14/h2-3,6,11H,4-5H2,1H3. The Morgan fingerprint density at radius 1 is 1.57 bits per heavy atom. The summed E-state index contributed by atoms with van der Waals surface area (Å²) in [6.45, 7) is 1.31. The van der Waals surface area contributed by atoms with Crippen LogP contribution >= 0.6 is 0 Å². The van der Waals surface area contributed by atoms with Gasteiger partial charge < -0.3 is 5.32 Å². The van der Waals surface area contributed by atoms with Crippen LogP contribution in [0.25, 0.3) is 0 Å². The van der Waals surface area contributed by atoms with E-state index in [9.17, 15) is 14.5 Å². The fraction of sp³-hybridized carbons (Fsp3) is 0.333. The van der Waals surface area contributed by atoms with Crippen LogP contribution in [0.1, 0.15) is 5.56 Å². The molecule has 0 bridgehead atoms. The molecule has 0 aliphatic carbocycles. The average molecular weight is 198 g/mol. The molecule has 1 rings (SSSR count). The summed E-state index contributed by atoms with van der Waals surface area (Å²) in [5.74, 6) is 0. The third-order valence-corrected chi connectivity index (χ3v) is 1.76. The van der Waals surface area contributed by atoms with Crippen molar-refractivity contribution >= 4 is 11.4 Å². The van der Waals surface area contributed by atoms with E-state index in [1.165, 1.54) is 6.07 Å². The summed E-state index contributed by atoms with van der Waals surface area (Å²) in [4.78, 5) is 10.1. The Morgan fingerprint density at radius 2 is 2.29 bits per heavy atom. The summed E-state index contributed by atoms with van der Waals surface area (Å²) in [5, 5.41) is 13.3. The number of rotatable bonds is 4. The maximum Gasteiger partial charge on any atom is 0.292 e. The predicted octanol–water partition coefficient (Wildman–Crippen LogP) is 2.28. The van der Waals surface area contributed by atoms with Crippen molar-refractivity contribution in [2.75, 3.05) is 18.5 Å². The lowest BCUT2D eigenvalue weighted by atomic mass is 10.2. The predicted molar refractivity (Wildman–Crippen MR) is 52.3 cm³/mol. The quantitative estimate of drug-likeness (QED) is 0.596. The molecule has 0 atom stereocenters. The molecule has 0 saturated carbocycles. The number of hydrogen-bond acceptors (Lipinski definition) is 3. The van der Waals surface area contributed by atoms with Gasteiger partial charge in [-0.2, -0.15) is 0 Å². The third kappa shape index (κ3) is 2.42. The van der Waals surface area contributed by atoms with Gasteiger partial charge in [0, 0.05) is 12.6 Å². The fourth-order valence-electron chi connectivity index (χ4n) is 1.12. The highest BCUT2D eigenvalue weighted by Gasteiger charge is 2.12. The monoisotopic (exact) mass is 198 g/mol. The van der Waals surface area contributed by atoms with Gasteiger partial charge in [-0.15, -0.1) is 0 Å². The number of nitrogens with one attached hydrogen (secondary N) is 1. The van der Waals surface area contributed by atoms with Crippen molar-refractivity contribution in [1.29, 1.82) is 0 Å². The van der Waals surface area contributed by atoms with Crippen LogP contribution in [0.4, 0.5) is 15.8 Å². The van der Waals surface area contributed by atoms with Gasteiger partial charge in [-0.05, 0) is 18.6 Å². The molecule has 0 aromatic heterocycles. The molecule has 4 nitrogen and oxygen atoms in total. The molecule has 0 amide bonds. The molecule has 0 radical (unpaired) electrons. The molecule has 76 valence electrons. The van der Waals surface area contributed by atoms with Crippen molar-refractivity contribution in [3.8, 4) is 0 Å². The Bertz CT molecular complexity index is 342. The molecule has 14 heavy (non-hydrogen) atoms. The Morgan fingerprint density at radius 3 is 2.86 bits per heavy atom. The van der Waals surface area contributed by atoms with Crippen LogP contribution in [-0.4, -0.2) is 18.1 Å². The molecule has 0 fully saturated rings. The minimum Gasteiger partial charge on any atom is -0.377 e. The van der Waals surface area contributed by atoms with E-state index in [-0.39, 0.29) is 12.2 Å². The summed E-state index contributed by atoms with van der Waals surface area (Å²) in [6.07, 6.45) is 0. The van der Waals surface area contributed by atoms with Crippen molar-refractivity contribution in [3.05, 3.63) is 33.9 Å². The molecule has 0 aliphatic rings. The van der Waals surface area contributed by atoms with Gasteiger partial charge in [0.15, 0.2) is 0 Å². The lowest BCUT2D eigenvalue weighted by Gasteiger charge is -2.04. The number of nitrogens with zero attached hydrogens (tertiary/aromatic N) is 1. The Labute approximate surface area is 80.9 Å². The van der Waals surface area contributed by atoms with Crippen LogP contribution in [0.2, 0.25) is 0 Å². The zero-order valence-electron chi connectivity index (χ0n) is 7.79. The van der Waals surface area contributed by atoms with Gasteiger partial charge in [0.2, 0.25) is 0 Å². The topological polar surface area (TPSA) is 55.2 Å². The smallest absolute Gasteiger partial charge is 0.292 e. The number of alkyl halides is 1. The second-order valence-electron chi connectivity index (χ2n) is 2.89. The van der Waals surface area contributed by atoms with E-state index in [0.717, 1.165) is 5.56 Å². The zero-order valence-corrected chi connectivity index (χ0v) is 7.79. The summed E-state index contributed by atoms with van der Waals surface area (Å²) < 4.78 is 11.9. The number of nitro groups is 1. The zero-order chi connectivity index (χ0) is 10.6. The maximum absolute atomic E-state index is 11.9. The second-order valence-corrected chi connectivity index (χ2v) is 2.89. The minimum absolute atomic E-state index is 0.0153. The molecule has 0 heterocycles. The molecule has 1 aromatic rings. The molecule has 0 spiro atoms. The average Bonchev–Trinajstić information content (AvgIpc) is 2.15. The minimum atomic E-state index is -0.551. The summed E-state index contributed by atoms with van der Waals surface area (Å²) in [5.41, 5.74) is 1.15. The number of benzene rings is 1. The van der Waals surface area contributed by atoms with Gasteiger partial charge in [0.05, 0.1) is 4.92 Å². The highest BCUT2D eigenvalue weighted by molar-refractivity contribution is 5.62. The lowest BCUT2D eigenvalue weighted by molar-refractivity contribution is -0.384. The molecular formula is C9H11FN2O2. The summed E-state index contributed by atoms with van der Waals surface area (Å²) in [7, 11) is 0. The highest BCUT2D eigenvalue weighted by atomic mass is 19.1. The van der Waals surface area contributed by atoms with E-state index in [0.29, 0.717) is 5.69 Å². The van der Waals surface area contributed by atoms with Crippen LogP contribution in [0.5, 0.6) is 0 Å². The number of hydrogen-bond donors (Lipinski definition) is 1. The van der Waals surface area contributed by atoms with Crippen LogP contribution in [0.3, 0.4) is 0 Å². The lowest BCUT2D eigenvalue weighted by Crippen LogP contribution is -2.05. The van der Waals surface area contributed by atoms with Crippen molar-refractivity contribution in [1.82, 2.24) is 0 Å². The first-order valence-corrected chi connectivity index (χ1v) is 4.20. The van der Waals surface area contributed by atoms with Gasteiger partial charge in [0.25, 0.3) is 5.69 Å². The van der Waals surface area contributed by atoms with E-state index in [1.54, 1.807) is 19.1 Å². The van der Waals surface area contributed by atoms with Crippen LogP contribution < -0.4 is 5.32 Å². The van der Waals surface area contributed by atoms with Crippen molar-refractivity contribution in [2.45, 2.75) is 6.92 Å². The second kappa shape index (κ2) is 4.55. The van der Waals surface area contributed by atoms with Crippen LogP contribution in [0.15, 0.2) is 18.2 Å². The van der Waals surface area contributed by atoms with E-state index in [1.807, 2.05) is 0 Å². The first-order valence-electron chi connectivity index (χ1n) is 4.20. The third-order valence-electron chi connectivity index (χ3n) is 1.76. The summed E-state index contributed by atoms with van der Waals surface area (Å²) in [6, 6.07) is 4.79. The Kier molecular flexibility index (Phi) is 3.39. The molecule has 1 aromatic carbocycles. The van der Waals surface area contributed by atoms with Crippen LogP contribution in [0, 0.1) is 17.0 Å². The van der Waals surface area contributed by atoms with E-state index < -0.39 is 11.6 Å². The summed E-state index contributed by atoms with van der Waals surface area (Å²) >= 11 is 0. The van der Waals surface area contributed by atoms with Crippen molar-refractivity contribution in [3.63, 3.8) is 0 Å².